The quantitative estimate of drug-likeness (QED) is 0.908. The highest BCUT2D eigenvalue weighted by Crippen LogP contribution is 2.24. The number of nitrogens with one attached hydrogen (secondary N) is 1. The lowest BCUT2D eigenvalue weighted by Gasteiger charge is -2.28. The van der Waals surface area contributed by atoms with Gasteiger partial charge in [0.15, 0.2) is 0 Å². The molecule has 4 heteroatoms. The average molecular weight is 326 g/mol. The number of carbonyl (C=O) groups is 1. The normalized spacial score (nSPS) is 16.1. The first-order valence-electron chi connectivity index (χ1n) is 8.48. The van der Waals surface area contributed by atoms with E-state index < -0.39 is 0 Å². The number of rotatable bonds is 5. The summed E-state index contributed by atoms with van der Waals surface area (Å²) in [7, 11) is 0. The van der Waals surface area contributed by atoms with Crippen molar-refractivity contribution < 1.29 is 9.18 Å². The fraction of sp³-hybridized carbons (Fsp3) is 0.350. The minimum absolute atomic E-state index is 0.160. The van der Waals surface area contributed by atoms with Gasteiger partial charge < -0.3 is 5.32 Å². The van der Waals surface area contributed by atoms with E-state index in [1.54, 1.807) is 19.1 Å². The number of amides is 1. The van der Waals surface area contributed by atoms with Gasteiger partial charge in [-0.2, -0.15) is 0 Å². The molecule has 0 radical (unpaired) electrons. The number of carbonyl (C=O) groups excluding carboxylic acids is 1. The number of hydrogen-bond donors (Lipinski definition) is 1. The minimum Gasteiger partial charge on any atom is -0.350 e. The van der Waals surface area contributed by atoms with Crippen molar-refractivity contribution in [2.24, 2.45) is 0 Å². The average Bonchev–Trinajstić information content (AvgIpc) is 3.12. The Morgan fingerprint density at radius 2 is 1.88 bits per heavy atom. The number of benzene rings is 2. The van der Waals surface area contributed by atoms with Gasteiger partial charge in [-0.1, -0.05) is 36.4 Å². The van der Waals surface area contributed by atoms with Gasteiger partial charge in [0.25, 0.3) is 5.91 Å². The second-order valence-electron chi connectivity index (χ2n) is 6.34. The first-order chi connectivity index (χ1) is 11.6. The predicted octanol–water partition coefficient (Wildman–Crippen LogP) is 3.70. The highest BCUT2D eigenvalue weighted by molar-refractivity contribution is 5.94. The third-order valence-electron chi connectivity index (χ3n) is 4.66. The molecule has 126 valence electrons. The van der Waals surface area contributed by atoms with Crippen LogP contribution in [0.25, 0.3) is 0 Å². The van der Waals surface area contributed by atoms with Crippen LogP contribution in [0.15, 0.2) is 48.5 Å². The van der Waals surface area contributed by atoms with Gasteiger partial charge in [0.05, 0.1) is 6.04 Å². The minimum atomic E-state index is -0.346. The Hall–Kier alpha value is -2.20. The molecule has 1 heterocycles. The van der Waals surface area contributed by atoms with Gasteiger partial charge in [0.2, 0.25) is 0 Å². The molecule has 3 rings (SSSR count). The molecule has 0 aliphatic carbocycles. The molecule has 1 aliphatic heterocycles. The maximum absolute atomic E-state index is 13.7. The molecule has 1 unspecified atom stereocenters. The summed E-state index contributed by atoms with van der Waals surface area (Å²) in [6.07, 6.45) is 2.39. The molecular weight excluding hydrogens is 303 g/mol. The highest BCUT2D eigenvalue weighted by Gasteiger charge is 2.24. The standard InChI is InChI=1S/C20H23FN2O/c1-15-9-10-17(13-18(15)21)20(24)22-14-19(23-11-5-6-12-23)16-7-3-2-4-8-16/h2-4,7-10,13,19H,5-6,11-12,14H2,1H3,(H,22,24). The number of likely N-dealkylation sites (tertiary alicyclic amines) is 1. The van der Waals surface area contributed by atoms with E-state index in [2.05, 4.69) is 22.3 Å². The van der Waals surface area contributed by atoms with Gasteiger partial charge in [0.1, 0.15) is 5.82 Å². The third-order valence-corrected chi connectivity index (χ3v) is 4.66. The van der Waals surface area contributed by atoms with Crippen molar-refractivity contribution in [3.63, 3.8) is 0 Å². The second kappa shape index (κ2) is 7.58. The summed E-state index contributed by atoms with van der Waals surface area (Å²) in [6, 6.07) is 15.0. The zero-order valence-corrected chi connectivity index (χ0v) is 14.0. The molecule has 1 N–H and O–H groups in total. The van der Waals surface area contributed by atoms with Gasteiger partial charge in [0, 0.05) is 12.1 Å². The zero-order chi connectivity index (χ0) is 16.9. The fourth-order valence-electron chi connectivity index (χ4n) is 3.21. The topological polar surface area (TPSA) is 32.3 Å². The van der Waals surface area contributed by atoms with Crippen LogP contribution in [0, 0.1) is 12.7 Å². The molecule has 1 fully saturated rings. The first-order valence-corrected chi connectivity index (χ1v) is 8.48. The van der Waals surface area contributed by atoms with E-state index in [0.29, 0.717) is 17.7 Å². The number of nitrogens with zero attached hydrogens (tertiary/aromatic N) is 1. The fourth-order valence-corrected chi connectivity index (χ4v) is 3.21. The summed E-state index contributed by atoms with van der Waals surface area (Å²) < 4.78 is 13.7. The summed E-state index contributed by atoms with van der Waals surface area (Å²) in [4.78, 5) is 14.8. The first kappa shape index (κ1) is 16.7. The molecule has 2 aromatic rings. The molecule has 0 bridgehead atoms. The molecule has 0 spiro atoms. The monoisotopic (exact) mass is 326 g/mol. The van der Waals surface area contributed by atoms with Crippen LogP contribution < -0.4 is 5.32 Å². The molecule has 24 heavy (non-hydrogen) atoms. The van der Waals surface area contributed by atoms with Crippen LogP contribution in [-0.2, 0) is 0 Å². The summed E-state index contributed by atoms with van der Waals surface area (Å²) >= 11 is 0. The van der Waals surface area contributed by atoms with Crippen LogP contribution in [0.3, 0.4) is 0 Å². The van der Waals surface area contributed by atoms with E-state index in [1.807, 2.05) is 18.2 Å². The van der Waals surface area contributed by atoms with Gasteiger partial charge in [-0.15, -0.1) is 0 Å². The van der Waals surface area contributed by atoms with Crippen molar-refractivity contribution >= 4 is 5.91 Å². The lowest BCUT2D eigenvalue weighted by Crippen LogP contribution is -2.36. The van der Waals surface area contributed by atoms with Gasteiger partial charge >= 0.3 is 0 Å². The summed E-state index contributed by atoms with van der Waals surface area (Å²) in [6.45, 7) is 4.32. The second-order valence-corrected chi connectivity index (χ2v) is 6.34. The number of halogens is 1. The Morgan fingerprint density at radius 3 is 2.54 bits per heavy atom. The van der Waals surface area contributed by atoms with E-state index in [4.69, 9.17) is 0 Å². The van der Waals surface area contributed by atoms with E-state index in [1.165, 1.54) is 24.5 Å². The number of hydrogen-bond acceptors (Lipinski definition) is 2. The van der Waals surface area contributed by atoms with Crippen LogP contribution in [0.4, 0.5) is 4.39 Å². The van der Waals surface area contributed by atoms with Crippen LogP contribution in [-0.4, -0.2) is 30.4 Å². The maximum atomic E-state index is 13.7. The largest absolute Gasteiger partial charge is 0.350 e. The van der Waals surface area contributed by atoms with Crippen molar-refractivity contribution in [1.82, 2.24) is 10.2 Å². The molecule has 1 aliphatic rings. The highest BCUT2D eigenvalue weighted by atomic mass is 19.1. The van der Waals surface area contributed by atoms with Crippen molar-refractivity contribution in [2.75, 3.05) is 19.6 Å². The van der Waals surface area contributed by atoms with E-state index >= 15 is 0 Å². The van der Waals surface area contributed by atoms with Gasteiger partial charge in [-0.25, -0.2) is 4.39 Å². The maximum Gasteiger partial charge on any atom is 0.251 e. The summed E-state index contributed by atoms with van der Waals surface area (Å²) in [5.41, 5.74) is 2.12. The molecular formula is C20H23FN2O. The molecule has 3 nitrogen and oxygen atoms in total. The van der Waals surface area contributed by atoms with Crippen molar-refractivity contribution in [2.45, 2.75) is 25.8 Å². The van der Waals surface area contributed by atoms with Crippen molar-refractivity contribution in [3.05, 3.63) is 71.0 Å². The smallest absolute Gasteiger partial charge is 0.251 e. The molecule has 0 aromatic heterocycles. The zero-order valence-electron chi connectivity index (χ0n) is 14.0. The van der Waals surface area contributed by atoms with Crippen LogP contribution in [0.1, 0.15) is 40.4 Å². The lowest BCUT2D eigenvalue weighted by molar-refractivity contribution is 0.0937. The summed E-state index contributed by atoms with van der Waals surface area (Å²) in [5, 5.41) is 2.97. The Morgan fingerprint density at radius 1 is 1.17 bits per heavy atom. The molecule has 1 atom stereocenters. The SMILES string of the molecule is Cc1ccc(C(=O)NCC(c2ccccc2)N2CCCC2)cc1F. The van der Waals surface area contributed by atoms with Gasteiger partial charge in [-0.05, 0) is 56.1 Å². The molecule has 1 saturated heterocycles. The Labute approximate surface area is 142 Å². The number of aryl methyl sites for hydroxylation is 1. The molecule has 0 saturated carbocycles. The Bertz CT molecular complexity index is 696. The van der Waals surface area contributed by atoms with E-state index in [-0.39, 0.29) is 17.8 Å². The van der Waals surface area contributed by atoms with Crippen LogP contribution in [0.2, 0.25) is 0 Å². The lowest BCUT2D eigenvalue weighted by atomic mass is 10.1. The van der Waals surface area contributed by atoms with Crippen molar-refractivity contribution in [1.29, 1.82) is 0 Å². The van der Waals surface area contributed by atoms with Crippen LogP contribution in [0.5, 0.6) is 0 Å². The van der Waals surface area contributed by atoms with Crippen molar-refractivity contribution in [3.8, 4) is 0 Å². The molecule has 2 aromatic carbocycles. The third kappa shape index (κ3) is 3.82. The van der Waals surface area contributed by atoms with E-state index in [0.717, 1.165) is 13.1 Å². The predicted molar refractivity (Wildman–Crippen MR) is 93.5 cm³/mol. The Balaban J connectivity index is 1.71. The molecule has 1 amide bonds. The Kier molecular flexibility index (Phi) is 5.26. The van der Waals surface area contributed by atoms with E-state index in [9.17, 15) is 9.18 Å². The van der Waals surface area contributed by atoms with Crippen LogP contribution >= 0.6 is 0 Å². The summed E-state index contributed by atoms with van der Waals surface area (Å²) in [5.74, 6) is -0.573. The van der Waals surface area contributed by atoms with Gasteiger partial charge in [-0.3, -0.25) is 9.69 Å².